The minimum absolute atomic E-state index is 0.0569. The van der Waals surface area contributed by atoms with Crippen LogP contribution in [0.1, 0.15) is 78.2 Å². The number of carbonyl (C=O) groups is 2. The van der Waals surface area contributed by atoms with E-state index >= 15 is 0 Å². The Morgan fingerprint density at radius 1 is 1.15 bits per heavy atom. The van der Waals surface area contributed by atoms with Gasteiger partial charge in [0, 0.05) is 12.7 Å². The molecule has 0 amide bonds. The molecule has 0 saturated heterocycles. The summed E-state index contributed by atoms with van der Waals surface area (Å²) in [6.45, 7) is 11.7. The number of carbonyl (C=O) groups excluding carboxylic acids is 2. The fourth-order valence-electron chi connectivity index (χ4n) is 5.66. The molecule has 1 aromatic rings. The van der Waals surface area contributed by atoms with Gasteiger partial charge in [-0.15, -0.1) is 0 Å². The van der Waals surface area contributed by atoms with Crippen LogP contribution in [0.25, 0.3) is 0 Å². The van der Waals surface area contributed by atoms with Crippen molar-refractivity contribution < 1.29 is 42.1 Å². The number of alkyl halides is 3. The molecule has 0 bridgehead atoms. The van der Waals surface area contributed by atoms with Gasteiger partial charge in [0.25, 0.3) is 5.60 Å². The third-order valence-electron chi connectivity index (χ3n) is 8.26. The summed E-state index contributed by atoms with van der Waals surface area (Å²) >= 11 is 0. The Labute approximate surface area is 229 Å². The van der Waals surface area contributed by atoms with Gasteiger partial charge in [-0.2, -0.15) is 13.2 Å². The zero-order valence-corrected chi connectivity index (χ0v) is 23.9. The monoisotopic (exact) mass is 556 g/mol. The number of methoxy groups -OCH3 is 2. The van der Waals surface area contributed by atoms with E-state index in [2.05, 4.69) is 20.4 Å². The summed E-state index contributed by atoms with van der Waals surface area (Å²) in [7, 11) is 1.93. The maximum absolute atomic E-state index is 14.4. The SMILES string of the molecule is C=C1CCCC(C)(C)C1CC[C@@](C)(O)CC[C@@H](OC(=O)[C@](OC)(c1ccccc1)C(F)(F)F)[C@@H](C)C(=O)OC. The molecule has 5 atom stereocenters. The molecule has 0 radical (unpaired) electrons. The molecule has 1 aromatic carbocycles. The number of aliphatic hydroxyl groups is 1. The van der Waals surface area contributed by atoms with Crippen LogP contribution in [0.15, 0.2) is 42.5 Å². The zero-order valence-electron chi connectivity index (χ0n) is 23.9. The molecule has 1 fully saturated rings. The van der Waals surface area contributed by atoms with E-state index in [1.807, 2.05) is 0 Å². The molecule has 1 aliphatic rings. The molecule has 1 unspecified atom stereocenters. The van der Waals surface area contributed by atoms with E-state index in [4.69, 9.17) is 14.2 Å². The van der Waals surface area contributed by atoms with Crippen molar-refractivity contribution in [3.05, 3.63) is 48.0 Å². The summed E-state index contributed by atoms with van der Waals surface area (Å²) in [5, 5.41) is 11.2. The van der Waals surface area contributed by atoms with Crippen molar-refractivity contribution in [2.45, 2.75) is 96.1 Å². The third-order valence-corrected chi connectivity index (χ3v) is 8.26. The summed E-state index contributed by atoms with van der Waals surface area (Å²) in [4.78, 5) is 25.6. The Morgan fingerprint density at radius 3 is 2.28 bits per heavy atom. The van der Waals surface area contributed by atoms with Crippen molar-refractivity contribution in [3.8, 4) is 0 Å². The second-order valence-corrected chi connectivity index (χ2v) is 11.6. The fraction of sp³-hybridized carbons (Fsp3) is 0.667. The molecule has 0 aliphatic heterocycles. The van der Waals surface area contributed by atoms with Gasteiger partial charge in [0.15, 0.2) is 0 Å². The minimum Gasteiger partial charge on any atom is -0.469 e. The predicted octanol–water partition coefficient (Wildman–Crippen LogP) is 6.51. The zero-order chi connectivity index (χ0) is 29.6. The van der Waals surface area contributed by atoms with E-state index in [1.165, 1.54) is 25.1 Å². The average Bonchev–Trinajstić information content (AvgIpc) is 2.85. The molecule has 6 nitrogen and oxygen atoms in total. The molecule has 0 spiro atoms. The first kappa shape index (κ1) is 32.8. The summed E-state index contributed by atoms with van der Waals surface area (Å²) in [6.07, 6.45) is -2.20. The Bertz CT molecular complexity index is 988. The van der Waals surface area contributed by atoms with E-state index < -0.39 is 46.9 Å². The van der Waals surface area contributed by atoms with E-state index in [9.17, 15) is 27.9 Å². The van der Waals surface area contributed by atoms with Crippen LogP contribution >= 0.6 is 0 Å². The van der Waals surface area contributed by atoms with Crippen molar-refractivity contribution in [3.63, 3.8) is 0 Å². The number of benzene rings is 1. The Hall–Kier alpha value is -2.39. The first-order valence-electron chi connectivity index (χ1n) is 13.4. The third kappa shape index (κ3) is 7.63. The van der Waals surface area contributed by atoms with E-state index in [1.54, 1.807) is 6.92 Å². The quantitative estimate of drug-likeness (QED) is 0.234. The van der Waals surface area contributed by atoms with Gasteiger partial charge < -0.3 is 19.3 Å². The Kier molecular flexibility index (Phi) is 10.8. The van der Waals surface area contributed by atoms with Crippen LogP contribution < -0.4 is 0 Å². The molecule has 2 rings (SSSR count). The molecule has 220 valence electrons. The van der Waals surface area contributed by atoms with Crippen LogP contribution in [0.2, 0.25) is 0 Å². The lowest BCUT2D eigenvalue weighted by atomic mass is 9.64. The van der Waals surface area contributed by atoms with Gasteiger partial charge in [0.2, 0.25) is 0 Å². The summed E-state index contributed by atoms with van der Waals surface area (Å²) in [6, 6.07) is 6.48. The molecule has 0 heterocycles. The number of hydrogen-bond donors (Lipinski definition) is 1. The van der Waals surface area contributed by atoms with Crippen LogP contribution in [-0.2, 0) is 29.4 Å². The molecule has 1 aliphatic carbocycles. The van der Waals surface area contributed by atoms with Gasteiger partial charge in [-0.25, -0.2) is 4.79 Å². The maximum atomic E-state index is 14.4. The molecule has 1 saturated carbocycles. The number of esters is 2. The average molecular weight is 557 g/mol. The lowest BCUT2D eigenvalue weighted by molar-refractivity contribution is -0.279. The minimum atomic E-state index is -5.15. The normalized spacial score (nSPS) is 22.2. The topological polar surface area (TPSA) is 82.1 Å². The van der Waals surface area contributed by atoms with Crippen LogP contribution in [0.4, 0.5) is 13.2 Å². The van der Waals surface area contributed by atoms with Gasteiger partial charge in [-0.1, -0.05) is 56.3 Å². The number of allylic oxidation sites excluding steroid dienone is 1. The second kappa shape index (κ2) is 12.9. The highest BCUT2D eigenvalue weighted by Gasteiger charge is 2.64. The number of rotatable bonds is 12. The standard InChI is InChI=1S/C30H43F3O6/c1-20-12-11-17-27(3,4)23(20)15-18-28(5,36)19-16-24(21(2)25(34)37-6)39-26(35)29(38-7,30(31,32)33)22-13-9-8-10-14-22/h8-10,13-14,21,23-24,36H,1,11-12,15-19H2,2-7H3/t21-,23?,24-,28-,29-/m1/s1. The van der Waals surface area contributed by atoms with Crippen molar-refractivity contribution >= 4 is 11.9 Å². The maximum Gasteiger partial charge on any atom is 0.432 e. The lowest BCUT2D eigenvalue weighted by Crippen LogP contribution is -2.53. The van der Waals surface area contributed by atoms with Gasteiger partial charge in [-0.05, 0) is 70.1 Å². The van der Waals surface area contributed by atoms with E-state index in [0.717, 1.165) is 51.2 Å². The van der Waals surface area contributed by atoms with Crippen LogP contribution in [0.3, 0.4) is 0 Å². The molecule has 9 heteroatoms. The summed E-state index contributed by atoms with van der Waals surface area (Å²) in [5.74, 6) is -3.28. The lowest BCUT2D eigenvalue weighted by Gasteiger charge is -2.41. The molecular formula is C30H43F3O6. The van der Waals surface area contributed by atoms with Crippen molar-refractivity contribution in [1.29, 1.82) is 0 Å². The number of hydrogen-bond acceptors (Lipinski definition) is 6. The smallest absolute Gasteiger partial charge is 0.432 e. The van der Waals surface area contributed by atoms with Crippen LogP contribution in [-0.4, -0.2) is 49.1 Å². The van der Waals surface area contributed by atoms with Gasteiger partial charge in [0.05, 0.1) is 18.6 Å². The Balaban J connectivity index is 2.26. The van der Waals surface area contributed by atoms with Crippen LogP contribution in [0, 0.1) is 17.3 Å². The summed E-state index contributed by atoms with van der Waals surface area (Å²) in [5.41, 5.74) is -3.83. The van der Waals surface area contributed by atoms with Crippen LogP contribution in [0.5, 0.6) is 0 Å². The molecule has 39 heavy (non-hydrogen) atoms. The first-order chi connectivity index (χ1) is 18.0. The highest BCUT2D eigenvalue weighted by molar-refractivity contribution is 5.83. The number of halogens is 3. The molecular weight excluding hydrogens is 513 g/mol. The number of ether oxygens (including phenoxy) is 3. The second-order valence-electron chi connectivity index (χ2n) is 11.6. The van der Waals surface area contributed by atoms with Gasteiger partial charge >= 0.3 is 18.1 Å². The Morgan fingerprint density at radius 2 is 1.77 bits per heavy atom. The molecule has 1 N–H and O–H groups in total. The van der Waals surface area contributed by atoms with Crippen molar-refractivity contribution in [1.82, 2.24) is 0 Å². The predicted molar refractivity (Wildman–Crippen MR) is 142 cm³/mol. The van der Waals surface area contributed by atoms with Gasteiger partial charge in [-0.3, -0.25) is 4.79 Å². The largest absolute Gasteiger partial charge is 0.469 e. The summed E-state index contributed by atoms with van der Waals surface area (Å²) < 4.78 is 58.1. The van der Waals surface area contributed by atoms with Gasteiger partial charge in [0.1, 0.15) is 6.10 Å². The highest BCUT2D eigenvalue weighted by atomic mass is 19.4. The van der Waals surface area contributed by atoms with E-state index in [0.29, 0.717) is 12.8 Å². The first-order valence-corrected chi connectivity index (χ1v) is 13.4. The van der Waals surface area contributed by atoms with E-state index in [-0.39, 0.29) is 24.2 Å². The van der Waals surface area contributed by atoms with Crippen molar-refractivity contribution in [2.24, 2.45) is 17.3 Å². The highest BCUT2D eigenvalue weighted by Crippen LogP contribution is 2.47. The fourth-order valence-corrected chi connectivity index (χ4v) is 5.66. The van der Waals surface area contributed by atoms with Crippen molar-refractivity contribution in [2.75, 3.05) is 14.2 Å². The molecule has 0 aromatic heterocycles.